The maximum absolute atomic E-state index is 4.56. The maximum atomic E-state index is 4.56. The summed E-state index contributed by atoms with van der Waals surface area (Å²) in [4.78, 5) is 16.3. The number of aromatic amines is 1. The van der Waals surface area contributed by atoms with Crippen LogP contribution in [0.4, 0.5) is 5.82 Å². The number of anilines is 1. The van der Waals surface area contributed by atoms with Crippen LogP contribution in [0.1, 0.15) is 32.1 Å². The molecule has 0 bridgehead atoms. The molecule has 2 aliphatic rings. The highest BCUT2D eigenvalue weighted by atomic mass is 127. The number of hydrogen-bond acceptors (Lipinski definition) is 4. The summed E-state index contributed by atoms with van der Waals surface area (Å²) in [5, 5.41) is 3.69. The molecule has 2 N–H and O–H groups in total. The van der Waals surface area contributed by atoms with E-state index in [0.29, 0.717) is 6.04 Å². The van der Waals surface area contributed by atoms with Gasteiger partial charge in [-0.1, -0.05) is 6.42 Å². The maximum Gasteiger partial charge on any atom is 0.194 e. The topological polar surface area (TPSA) is 66.5 Å². The van der Waals surface area contributed by atoms with E-state index in [1.807, 2.05) is 0 Å². The van der Waals surface area contributed by atoms with Gasteiger partial charge >= 0.3 is 0 Å². The smallest absolute Gasteiger partial charge is 0.194 e. The molecule has 0 spiro atoms. The number of imidazole rings is 1. The Labute approximate surface area is 125 Å². The minimum atomic E-state index is 0.589. The predicted molar refractivity (Wildman–Crippen MR) is 81.9 cm³/mol. The van der Waals surface area contributed by atoms with Gasteiger partial charge in [0, 0.05) is 28.6 Å². The molecule has 2 fully saturated rings. The molecule has 19 heavy (non-hydrogen) atoms. The molecule has 1 atom stereocenters. The van der Waals surface area contributed by atoms with E-state index in [9.17, 15) is 0 Å². The Kier molecular flexibility index (Phi) is 2.86. The second-order valence-electron chi connectivity index (χ2n) is 5.64. The molecule has 2 saturated carbocycles. The lowest BCUT2D eigenvalue weighted by Gasteiger charge is -2.35. The molecule has 100 valence electrons. The van der Waals surface area contributed by atoms with Crippen LogP contribution in [-0.2, 0) is 0 Å². The van der Waals surface area contributed by atoms with Crippen molar-refractivity contribution >= 4 is 39.6 Å². The Hall–Kier alpha value is -0.920. The molecular formula is C13H16IN5. The average molecular weight is 369 g/mol. The fraction of sp³-hybridized carbons (Fsp3) is 0.615. The zero-order valence-corrected chi connectivity index (χ0v) is 12.7. The molecule has 6 heteroatoms. The van der Waals surface area contributed by atoms with Crippen molar-refractivity contribution in [1.29, 1.82) is 0 Å². The summed E-state index contributed by atoms with van der Waals surface area (Å²) in [5.41, 5.74) is 1.69. The SMILES string of the molecule is Ic1nc(N[C@H](C2CCC2)C2CC2)c2[nH]cnc2n1. The first kappa shape index (κ1) is 11.9. The van der Waals surface area contributed by atoms with Crippen molar-refractivity contribution in [2.45, 2.75) is 38.1 Å². The first-order valence-electron chi connectivity index (χ1n) is 6.94. The van der Waals surface area contributed by atoms with Gasteiger partial charge in [-0.3, -0.25) is 0 Å². The van der Waals surface area contributed by atoms with Crippen LogP contribution < -0.4 is 5.32 Å². The molecule has 4 rings (SSSR count). The van der Waals surface area contributed by atoms with Crippen LogP contribution >= 0.6 is 22.6 Å². The van der Waals surface area contributed by atoms with E-state index < -0.39 is 0 Å². The number of fused-ring (bicyclic) bond motifs is 1. The van der Waals surface area contributed by atoms with E-state index in [0.717, 1.165) is 32.6 Å². The highest BCUT2D eigenvalue weighted by molar-refractivity contribution is 14.1. The molecule has 5 nitrogen and oxygen atoms in total. The van der Waals surface area contributed by atoms with E-state index in [1.54, 1.807) is 6.33 Å². The molecule has 2 aromatic heterocycles. The normalized spacial score (nSPS) is 21.3. The summed E-state index contributed by atoms with van der Waals surface area (Å²) < 4.78 is 0.753. The van der Waals surface area contributed by atoms with Gasteiger partial charge < -0.3 is 10.3 Å². The van der Waals surface area contributed by atoms with Crippen LogP contribution in [-0.4, -0.2) is 26.0 Å². The Morgan fingerprint density at radius 2 is 2.00 bits per heavy atom. The first-order chi connectivity index (χ1) is 9.31. The lowest BCUT2D eigenvalue weighted by molar-refractivity contribution is 0.257. The number of H-pyrrole nitrogens is 1. The lowest BCUT2D eigenvalue weighted by Crippen LogP contribution is -2.35. The third-order valence-corrected chi connectivity index (χ3v) is 4.83. The molecule has 0 unspecified atom stereocenters. The van der Waals surface area contributed by atoms with Crippen molar-refractivity contribution in [2.24, 2.45) is 11.8 Å². The van der Waals surface area contributed by atoms with E-state index in [-0.39, 0.29) is 0 Å². The largest absolute Gasteiger partial charge is 0.365 e. The lowest BCUT2D eigenvalue weighted by atomic mass is 9.78. The Morgan fingerprint density at radius 3 is 2.68 bits per heavy atom. The third-order valence-electron chi connectivity index (χ3n) is 4.35. The predicted octanol–water partition coefficient (Wildman–Crippen LogP) is 2.95. The standard InChI is InChI=1S/C13H16IN5/c14-13-18-11-10(15-6-16-11)12(19-13)17-9(8-4-5-8)7-2-1-3-7/h6-9H,1-5H2,(H2,15,16,17,18,19)/t9-/m1/s1. The summed E-state index contributed by atoms with van der Waals surface area (Å²) >= 11 is 2.16. The fourth-order valence-corrected chi connectivity index (χ4v) is 3.41. The molecule has 0 aliphatic heterocycles. The number of rotatable bonds is 4. The van der Waals surface area contributed by atoms with Gasteiger partial charge in [-0.25, -0.2) is 15.0 Å². The van der Waals surface area contributed by atoms with Crippen molar-refractivity contribution < 1.29 is 0 Å². The minimum Gasteiger partial charge on any atom is -0.365 e. The molecule has 2 aliphatic carbocycles. The van der Waals surface area contributed by atoms with Gasteiger partial charge in [-0.15, -0.1) is 0 Å². The zero-order valence-electron chi connectivity index (χ0n) is 10.6. The summed E-state index contributed by atoms with van der Waals surface area (Å²) in [7, 11) is 0. The van der Waals surface area contributed by atoms with Crippen LogP contribution in [0.25, 0.3) is 11.2 Å². The molecule has 2 aromatic rings. The van der Waals surface area contributed by atoms with Crippen LogP contribution in [0, 0.1) is 15.7 Å². The Bertz CT molecular complexity index is 602. The first-order valence-corrected chi connectivity index (χ1v) is 8.02. The summed E-state index contributed by atoms with van der Waals surface area (Å²) in [6, 6.07) is 0.589. The minimum absolute atomic E-state index is 0.589. The molecule has 0 radical (unpaired) electrons. The van der Waals surface area contributed by atoms with Gasteiger partial charge in [-0.05, 0) is 37.5 Å². The van der Waals surface area contributed by atoms with Gasteiger partial charge in [0.2, 0.25) is 0 Å². The van der Waals surface area contributed by atoms with Crippen LogP contribution in [0.15, 0.2) is 6.33 Å². The number of nitrogens with zero attached hydrogens (tertiary/aromatic N) is 3. The van der Waals surface area contributed by atoms with Crippen molar-refractivity contribution in [2.75, 3.05) is 5.32 Å². The Morgan fingerprint density at radius 1 is 1.21 bits per heavy atom. The van der Waals surface area contributed by atoms with E-state index in [2.05, 4.69) is 47.8 Å². The second-order valence-corrected chi connectivity index (χ2v) is 6.61. The van der Waals surface area contributed by atoms with Crippen molar-refractivity contribution in [3.63, 3.8) is 0 Å². The highest BCUT2D eigenvalue weighted by Crippen LogP contribution is 2.43. The van der Waals surface area contributed by atoms with Crippen molar-refractivity contribution in [1.82, 2.24) is 19.9 Å². The van der Waals surface area contributed by atoms with Gasteiger partial charge in [0.1, 0.15) is 5.52 Å². The van der Waals surface area contributed by atoms with Crippen LogP contribution in [0.2, 0.25) is 0 Å². The highest BCUT2D eigenvalue weighted by Gasteiger charge is 2.39. The number of halogens is 1. The summed E-state index contributed by atoms with van der Waals surface area (Å²) in [6.45, 7) is 0. The van der Waals surface area contributed by atoms with E-state index >= 15 is 0 Å². The number of nitrogens with one attached hydrogen (secondary N) is 2. The average Bonchev–Trinajstić information content (AvgIpc) is 3.05. The monoisotopic (exact) mass is 369 g/mol. The fourth-order valence-electron chi connectivity index (χ4n) is 2.94. The zero-order chi connectivity index (χ0) is 12.8. The Balaban J connectivity index is 1.67. The molecule has 0 aromatic carbocycles. The quantitative estimate of drug-likeness (QED) is 0.643. The van der Waals surface area contributed by atoms with Gasteiger partial charge in [-0.2, -0.15) is 0 Å². The third kappa shape index (κ3) is 2.19. The number of hydrogen-bond donors (Lipinski definition) is 2. The molecule has 0 amide bonds. The van der Waals surface area contributed by atoms with Crippen LogP contribution in [0.3, 0.4) is 0 Å². The molecule has 2 heterocycles. The molecular weight excluding hydrogens is 353 g/mol. The molecule has 0 saturated heterocycles. The van der Waals surface area contributed by atoms with E-state index in [4.69, 9.17) is 0 Å². The van der Waals surface area contributed by atoms with Gasteiger partial charge in [0.15, 0.2) is 15.3 Å². The van der Waals surface area contributed by atoms with Crippen LogP contribution in [0.5, 0.6) is 0 Å². The second kappa shape index (κ2) is 4.57. The van der Waals surface area contributed by atoms with Crippen molar-refractivity contribution in [3.05, 3.63) is 10.2 Å². The summed E-state index contributed by atoms with van der Waals surface area (Å²) in [6.07, 6.45) is 8.53. The van der Waals surface area contributed by atoms with E-state index in [1.165, 1.54) is 32.1 Å². The van der Waals surface area contributed by atoms with Gasteiger partial charge in [0.25, 0.3) is 0 Å². The summed E-state index contributed by atoms with van der Waals surface area (Å²) in [5.74, 6) is 2.60. The van der Waals surface area contributed by atoms with Crippen molar-refractivity contribution in [3.8, 4) is 0 Å². The van der Waals surface area contributed by atoms with Gasteiger partial charge in [0.05, 0.1) is 6.33 Å². The number of aromatic nitrogens is 4.